The molecule has 1 aromatic heterocycles. The van der Waals surface area contributed by atoms with Crippen molar-refractivity contribution in [2.24, 2.45) is 0 Å². The van der Waals surface area contributed by atoms with Gasteiger partial charge in [0.1, 0.15) is 18.5 Å². The second-order valence-electron chi connectivity index (χ2n) is 8.31. The summed E-state index contributed by atoms with van der Waals surface area (Å²) in [6.07, 6.45) is 4.83. The molecule has 2 atom stereocenters. The van der Waals surface area contributed by atoms with E-state index in [-0.39, 0.29) is 12.0 Å². The summed E-state index contributed by atoms with van der Waals surface area (Å²) >= 11 is 0. The van der Waals surface area contributed by atoms with E-state index in [0.29, 0.717) is 25.1 Å². The highest BCUT2D eigenvalue weighted by Crippen LogP contribution is 2.22. The van der Waals surface area contributed by atoms with Gasteiger partial charge in [-0.2, -0.15) is 0 Å². The second kappa shape index (κ2) is 10.6. The zero-order valence-electron chi connectivity index (χ0n) is 18.2. The lowest BCUT2D eigenvalue weighted by atomic mass is 10.2. The predicted octanol–water partition coefficient (Wildman–Crippen LogP) is 2.32. The zero-order valence-corrected chi connectivity index (χ0v) is 18.2. The van der Waals surface area contributed by atoms with Crippen molar-refractivity contribution in [1.29, 1.82) is 0 Å². The van der Waals surface area contributed by atoms with Crippen LogP contribution in [0, 0.1) is 0 Å². The number of carbonyl (C=O) groups is 1. The molecule has 2 fully saturated rings. The summed E-state index contributed by atoms with van der Waals surface area (Å²) in [7, 11) is 1.94. The van der Waals surface area contributed by atoms with Gasteiger partial charge in [0.25, 0.3) is 0 Å². The molecule has 0 unspecified atom stereocenters. The summed E-state index contributed by atoms with van der Waals surface area (Å²) in [5.41, 5.74) is 1.12. The molecule has 7 heteroatoms. The molecule has 2 saturated heterocycles. The van der Waals surface area contributed by atoms with Crippen molar-refractivity contribution in [1.82, 2.24) is 20.1 Å². The molecule has 1 amide bonds. The molecule has 0 bridgehead atoms. The molecular formula is C24H32N4O3. The molecule has 3 heterocycles. The summed E-state index contributed by atoms with van der Waals surface area (Å²) in [6, 6.07) is 14.1. The topological polar surface area (TPSA) is 66.9 Å². The minimum absolute atomic E-state index is 0.0383. The summed E-state index contributed by atoms with van der Waals surface area (Å²) in [4.78, 5) is 21.3. The van der Waals surface area contributed by atoms with Crippen LogP contribution in [0.15, 0.2) is 48.7 Å². The van der Waals surface area contributed by atoms with E-state index >= 15 is 0 Å². The smallest absolute Gasteiger partial charge is 0.237 e. The first-order chi connectivity index (χ1) is 15.2. The fraction of sp³-hybridized carbons (Fsp3) is 0.500. The van der Waals surface area contributed by atoms with E-state index < -0.39 is 0 Å². The quantitative estimate of drug-likeness (QED) is 0.667. The third kappa shape index (κ3) is 5.95. The SMILES string of the molecule is CNC[C@@H]1CCCN1C(=O)CN1CC[C@H](Oc2cc(OCc3ccccc3)ccn2)C1. The molecule has 0 aliphatic carbocycles. The first kappa shape index (κ1) is 21.6. The Kier molecular flexibility index (Phi) is 7.38. The number of likely N-dealkylation sites (tertiary alicyclic amines) is 2. The van der Waals surface area contributed by atoms with E-state index in [1.807, 2.05) is 54.4 Å². The Balaban J connectivity index is 1.25. The van der Waals surface area contributed by atoms with E-state index in [1.54, 1.807) is 6.20 Å². The maximum Gasteiger partial charge on any atom is 0.237 e. The molecule has 4 rings (SSSR count). The van der Waals surface area contributed by atoms with Gasteiger partial charge in [0, 0.05) is 44.5 Å². The first-order valence-electron chi connectivity index (χ1n) is 11.2. The number of hydrogen-bond donors (Lipinski definition) is 1. The highest BCUT2D eigenvalue weighted by Gasteiger charge is 2.31. The molecule has 0 saturated carbocycles. The monoisotopic (exact) mass is 424 g/mol. The van der Waals surface area contributed by atoms with Gasteiger partial charge in [-0.05, 0) is 37.9 Å². The fourth-order valence-electron chi connectivity index (χ4n) is 4.39. The van der Waals surface area contributed by atoms with Gasteiger partial charge in [-0.3, -0.25) is 9.69 Å². The van der Waals surface area contributed by atoms with Crippen molar-refractivity contribution in [3.05, 3.63) is 54.2 Å². The molecule has 166 valence electrons. The van der Waals surface area contributed by atoms with E-state index in [9.17, 15) is 4.79 Å². The Labute approximate surface area is 184 Å². The lowest BCUT2D eigenvalue weighted by Crippen LogP contribution is -2.45. The summed E-state index contributed by atoms with van der Waals surface area (Å²) in [6.45, 7) is 4.32. The minimum Gasteiger partial charge on any atom is -0.489 e. The number of aromatic nitrogens is 1. The molecule has 0 radical (unpaired) electrons. The highest BCUT2D eigenvalue weighted by atomic mass is 16.5. The molecule has 2 aliphatic heterocycles. The number of ether oxygens (including phenoxy) is 2. The number of amides is 1. The number of pyridine rings is 1. The lowest BCUT2D eigenvalue weighted by Gasteiger charge is -2.27. The van der Waals surface area contributed by atoms with Crippen LogP contribution in [0.5, 0.6) is 11.6 Å². The normalized spacial score (nSPS) is 21.4. The summed E-state index contributed by atoms with van der Waals surface area (Å²) < 4.78 is 12.0. The largest absolute Gasteiger partial charge is 0.489 e. The Morgan fingerprint density at radius 3 is 2.90 bits per heavy atom. The maximum absolute atomic E-state index is 12.8. The summed E-state index contributed by atoms with van der Waals surface area (Å²) in [5, 5.41) is 3.20. The van der Waals surface area contributed by atoms with Crippen LogP contribution < -0.4 is 14.8 Å². The van der Waals surface area contributed by atoms with Crippen molar-refractivity contribution in [2.75, 3.05) is 39.8 Å². The van der Waals surface area contributed by atoms with Crippen molar-refractivity contribution < 1.29 is 14.3 Å². The Hall–Kier alpha value is -2.64. The molecule has 31 heavy (non-hydrogen) atoms. The van der Waals surface area contributed by atoms with Gasteiger partial charge >= 0.3 is 0 Å². The van der Waals surface area contributed by atoms with E-state index in [1.165, 1.54) is 0 Å². The van der Waals surface area contributed by atoms with E-state index in [4.69, 9.17) is 9.47 Å². The minimum atomic E-state index is 0.0383. The van der Waals surface area contributed by atoms with Crippen LogP contribution in [0.2, 0.25) is 0 Å². The van der Waals surface area contributed by atoms with Crippen LogP contribution in [0.25, 0.3) is 0 Å². The molecule has 7 nitrogen and oxygen atoms in total. The molecule has 2 aromatic rings. The van der Waals surface area contributed by atoms with Gasteiger partial charge in [-0.25, -0.2) is 4.98 Å². The zero-order chi connectivity index (χ0) is 21.5. The van der Waals surface area contributed by atoms with Crippen molar-refractivity contribution in [3.63, 3.8) is 0 Å². The van der Waals surface area contributed by atoms with E-state index in [0.717, 1.165) is 56.8 Å². The van der Waals surface area contributed by atoms with Gasteiger partial charge in [0.15, 0.2) is 0 Å². The van der Waals surface area contributed by atoms with Crippen molar-refractivity contribution >= 4 is 5.91 Å². The van der Waals surface area contributed by atoms with Crippen LogP contribution in [0.4, 0.5) is 0 Å². The average molecular weight is 425 g/mol. The second-order valence-corrected chi connectivity index (χ2v) is 8.31. The van der Waals surface area contributed by atoms with Crippen LogP contribution in [-0.4, -0.2) is 72.6 Å². The first-order valence-corrected chi connectivity index (χ1v) is 11.2. The third-order valence-electron chi connectivity index (χ3n) is 5.97. The number of nitrogens with one attached hydrogen (secondary N) is 1. The van der Waals surface area contributed by atoms with E-state index in [2.05, 4.69) is 15.2 Å². The van der Waals surface area contributed by atoms with Crippen LogP contribution in [-0.2, 0) is 11.4 Å². The highest BCUT2D eigenvalue weighted by molar-refractivity contribution is 5.79. The fourth-order valence-corrected chi connectivity index (χ4v) is 4.39. The van der Waals surface area contributed by atoms with Gasteiger partial charge in [0.2, 0.25) is 11.8 Å². The number of likely N-dealkylation sites (N-methyl/N-ethyl adjacent to an activating group) is 1. The molecule has 2 aliphatic rings. The molecular weight excluding hydrogens is 392 g/mol. The molecule has 1 aromatic carbocycles. The summed E-state index contributed by atoms with van der Waals surface area (Å²) in [5.74, 6) is 1.54. The van der Waals surface area contributed by atoms with Gasteiger partial charge < -0.3 is 19.7 Å². The van der Waals surface area contributed by atoms with Gasteiger partial charge in [0.05, 0.1) is 6.54 Å². The lowest BCUT2D eigenvalue weighted by molar-refractivity contribution is -0.132. The number of benzene rings is 1. The third-order valence-corrected chi connectivity index (χ3v) is 5.97. The average Bonchev–Trinajstić information content (AvgIpc) is 3.43. The standard InChI is InChI=1S/C24H32N4O3/c1-25-15-20-8-5-12-28(20)24(29)17-27-13-10-22(16-27)31-23-14-21(9-11-26-23)30-18-19-6-3-2-4-7-19/h2-4,6-7,9,11,14,20,22,25H,5,8,10,12-13,15-18H2,1H3/t20-,22-/m0/s1. The number of rotatable bonds is 9. The number of hydrogen-bond acceptors (Lipinski definition) is 6. The molecule has 1 N–H and O–H groups in total. The predicted molar refractivity (Wildman–Crippen MR) is 119 cm³/mol. The van der Waals surface area contributed by atoms with Crippen molar-refractivity contribution in [3.8, 4) is 11.6 Å². The maximum atomic E-state index is 12.8. The molecule has 0 spiro atoms. The van der Waals surface area contributed by atoms with Crippen LogP contribution >= 0.6 is 0 Å². The Morgan fingerprint density at radius 1 is 1.19 bits per heavy atom. The van der Waals surface area contributed by atoms with Crippen LogP contribution in [0.1, 0.15) is 24.8 Å². The van der Waals surface area contributed by atoms with Crippen molar-refractivity contribution in [2.45, 2.75) is 38.0 Å². The number of carbonyl (C=O) groups excluding carboxylic acids is 1. The number of nitrogens with zero attached hydrogens (tertiary/aromatic N) is 3. The Morgan fingerprint density at radius 2 is 2.06 bits per heavy atom. The van der Waals surface area contributed by atoms with Crippen LogP contribution in [0.3, 0.4) is 0 Å². The van der Waals surface area contributed by atoms with Gasteiger partial charge in [-0.1, -0.05) is 30.3 Å². The Bertz CT molecular complexity index is 848. The van der Waals surface area contributed by atoms with Gasteiger partial charge in [-0.15, -0.1) is 0 Å².